The molecule has 0 amide bonds. The Morgan fingerprint density at radius 2 is 1.67 bits per heavy atom. The highest BCUT2D eigenvalue weighted by molar-refractivity contribution is 5.84. The lowest BCUT2D eigenvalue weighted by atomic mass is 9.95. The summed E-state index contributed by atoms with van der Waals surface area (Å²) in [5, 5.41) is 9.03. The molecular formula is C13H18O2. The fourth-order valence-electron chi connectivity index (χ4n) is 1.62. The Labute approximate surface area is 90.9 Å². The van der Waals surface area contributed by atoms with E-state index in [2.05, 4.69) is 0 Å². The lowest BCUT2D eigenvalue weighted by Crippen LogP contribution is -2.19. The van der Waals surface area contributed by atoms with Crippen molar-refractivity contribution in [2.45, 2.75) is 39.0 Å². The number of benzene rings is 1. The van der Waals surface area contributed by atoms with Crippen LogP contribution >= 0.6 is 0 Å². The highest BCUT2D eigenvalue weighted by Gasteiger charge is 2.51. The molecule has 0 saturated heterocycles. The van der Waals surface area contributed by atoms with Crippen LogP contribution in [0.25, 0.3) is 0 Å². The largest absolute Gasteiger partial charge is 0.481 e. The van der Waals surface area contributed by atoms with Crippen LogP contribution in [0.1, 0.15) is 37.8 Å². The van der Waals surface area contributed by atoms with Gasteiger partial charge in [-0.15, -0.1) is 0 Å². The lowest BCUT2D eigenvalue weighted by Gasteiger charge is -2.09. The second kappa shape index (κ2) is 4.47. The number of aliphatic carboxylic acids is 1. The maximum atomic E-state index is 11.0. The summed E-state index contributed by atoms with van der Waals surface area (Å²) in [7, 11) is 0. The van der Waals surface area contributed by atoms with Gasteiger partial charge in [-0.3, -0.25) is 4.79 Å². The van der Waals surface area contributed by atoms with E-state index in [1.807, 2.05) is 45.0 Å². The zero-order valence-corrected chi connectivity index (χ0v) is 9.58. The fraction of sp³-hybridized carbons (Fsp3) is 0.462. The summed E-state index contributed by atoms with van der Waals surface area (Å²) in [6.45, 7) is 6.00. The summed E-state index contributed by atoms with van der Waals surface area (Å²) >= 11 is 0. The van der Waals surface area contributed by atoms with Crippen molar-refractivity contribution in [1.29, 1.82) is 0 Å². The third-order valence-corrected chi connectivity index (χ3v) is 2.76. The van der Waals surface area contributed by atoms with Crippen LogP contribution in [0.3, 0.4) is 0 Å². The normalized spacial score (nSPS) is 16.2. The van der Waals surface area contributed by atoms with E-state index in [0.29, 0.717) is 0 Å². The minimum Gasteiger partial charge on any atom is -0.481 e. The monoisotopic (exact) mass is 206 g/mol. The Hall–Kier alpha value is -1.31. The summed E-state index contributed by atoms with van der Waals surface area (Å²) in [5.74, 6) is -0.684. The third-order valence-electron chi connectivity index (χ3n) is 2.76. The molecule has 0 bridgehead atoms. The van der Waals surface area contributed by atoms with Gasteiger partial charge in [0, 0.05) is 0 Å². The van der Waals surface area contributed by atoms with Gasteiger partial charge in [0.25, 0.3) is 0 Å². The average molecular weight is 206 g/mol. The van der Waals surface area contributed by atoms with Crippen LogP contribution < -0.4 is 0 Å². The Balaban J connectivity index is 0.000000531. The molecule has 1 saturated carbocycles. The smallest absolute Gasteiger partial charge is 0.314 e. The maximum absolute atomic E-state index is 11.0. The maximum Gasteiger partial charge on any atom is 0.314 e. The van der Waals surface area contributed by atoms with Gasteiger partial charge in [0.1, 0.15) is 0 Å². The third kappa shape index (κ3) is 2.20. The van der Waals surface area contributed by atoms with E-state index < -0.39 is 11.4 Å². The zero-order chi connectivity index (χ0) is 11.5. The number of hydrogen-bond acceptors (Lipinski definition) is 1. The molecule has 15 heavy (non-hydrogen) atoms. The Morgan fingerprint density at radius 1 is 1.20 bits per heavy atom. The van der Waals surface area contributed by atoms with E-state index >= 15 is 0 Å². The first-order valence-corrected chi connectivity index (χ1v) is 5.46. The number of carboxylic acids is 1. The molecule has 0 heterocycles. The van der Waals surface area contributed by atoms with E-state index in [4.69, 9.17) is 5.11 Å². The molecule has 1 aromatic rings. The molecule has 2 rings (SSSR count). The van der Waals surface area contributed by atoms with E-state index in [1.165, 1.54) is 5.56 Å². The number of carboxylic acid groups (broad SMARTS) is 1. The molecule has 0 spiro atoms. The van der Waals surface area contributed by atoms with Crippen molar-refractivity contribution in [3.8, 4) is 0 Å². The Kier molecular flexibility index (Phi) is 3.51. The highest BCUT2D eigenvalue weighted by atomic mass is 16.4. The van der Waals surface area contributed by atoms with Gasteiger partial charge in [0.05, 0.1) is 5.41 Å². The predicted octanol–water partition coefficient (Wildman–Crippen LogP) is 3.14. The van der Waals surface area contributed by atoms with Crippen molar-refractivity contribution >= 4 is 5.97 Å². The second-order valence-corrected chi connectivity index (χ2v) is 3.75. The van der Waals surface area contributed by atoms with Crippen LogP contribution in [0, 0.1) is 6.92 Å². The molecule has 1 aliphatic carbocycles. The molecule has 1 fully saturated rings. The second-order valence-electron chi connectivity index (χ2n) is 3.75. The van der Waals surface area contributed by atoms with Crippen molar-refractivity contribution in [3.63, 3.8) is 0 Å². The van der Waals surface area contributed by atoms with Crippen LogP contribution in [0.15, 0.2) is 24.3 Å². The van der Waals surface area contributed by atoms with E-state index in [1.54, 1.807) is 0 Å². The Bertz CT molecular complexity index is 334. The topological polar surface area (TPSA) is 37.3 Å². The average Bonchev–Trinajstić information content (AvgIpc) is 3.03. The molecule has 0 unspecified atom stereocenters. The molecule has 82 valence electrons. The van der Waals surface area contributed by atoms with Crippen molar-refractivity contribution in [3.05, 3.63) is 35.4 Å². The van der Waals surface area contributed by atoms with Gasteiger partial charge in [0.2, 0.25) is 0 Å². The summed E-state index contributed by atoms with van der Waals surface area (Å²) in [4.78, 5) is 11.0. The van der Waals surface area contributed by atoms with Crippen molar-refractivity contribution in [1.82, 2.24) is 0 Å². The van der Waals surface area contributed by atoms with E-state index in [-0.39, 0.29) is 0 Å². The first-order chi connectivity index (χ1) is 7.15. The first kappa shape index (κ1) is 11.8. The van der Waals surface area contributed by atoms with Crippen molar-refractivity contribution in [2.75, 3.05) is 0 Å². The summed E-state index contributed by atoms with van der Waals surface area (Å²) < 4.78 is 0. The molecule has 0 atom stereocenters. The SMILES string of the molecule is CC.Cc1ccc(C2(C(=O)O)CC2)cc1. The summed E-state index contributed by atoms with van der Waals surface area (Å²) in [6, 6.07) is 7.80. The number of hydrogen-bond donors (Lipinski definition) is 1. The summed E-state index contributed by atoms with van der Waals surface area (Å²) in [6.07, 6.45) is 1.57. The van der Waals surface area contributed by atoms with Gasteiger partial charge >= 0.3 is 5.97 Å². The number of carbonyl (C=O) groups is 1. The summed E-state index contributed by atoms with van der Waals surface area (Å²) in [5.41, 5.74) is 1.57. The molecule has 0 aliphatic heterocycles. The first-order valence-electron chi connectivity index (χ1n) is 5.46. The molecule has 2 nitrogen and oxygen atoms in total. The zero-order valence-electron chi connectivity index (χ0n) is 9.58. The van der Waals surface area contributed by atoms with Gasteiger partial charge in [0.15, 0.2) is 0 Å². The van der Waals surface area contributed by atoms with Gasteiger partial charge in [-0.2, -0.15) is 0 Å². The van der Waals surface area contributed by atoms with Gasteiger partial charge in [-0.05, 0) is 25.3 Å². The number of rotatable bonds is 2. The van der Waals surface area contributed by atoms with Gasteiger partial charge in [-0.1, -0.05) is 43.7 Å². The van der Waals surface area contributed by atoms with Crippen molar-refractivity contribution < 1.29 is 9.90 Å². The number of aryl methyl sites for hydroxylation is 1. The predicted molar refractivity (Wildman–Crippen MR) is 61.1 cm³/mol. The van der Waals surface area contributed by atoms with Gasteiger partial charge < -0.3 is 5.11 Å². The van der Waals surface area contributed by atoms with Gasteiger partial charge in [-0.25, -0.2) is 0 Å². The minimum atomic E-state index is -0.684. The van der Waals surface area contributed by atoms with Crippen molar-refractivity contribution in [2.24, 2.45) is 0 Å². The van der Waals surface area contributed by atoms with Crippen LogP contribution in [-0.2, 0) is 10.2 Å². The van der Waals surface area contributed by atoms with Crippen LogP contribution in [0.4, 0.5) is 0 Å². The molecule has 0 radical (unpaired) electrons. The molecule has 1 N–H and O–H groups in total. The van der Waals surface area contributed by atoms with E-state index in [9.17, 15) is 4.79 Å². The van der Waals surface area contributed by atoms with Crippen LogP contribution in [-0.4, -0.2) is 11.1 Å². The molecule has 1 aromatic carbocycles. The fourth-order valence-corrected chi connectivity index (χ4v) is 1.62. The minimum absolute atomic E-state index is 0.548. The quantitative estimate of drug-likeness (QED) is 0.807. The Morgan fingerprint density at radius 3 is 2.00 bits per heavy atom. The molecule has 2 heteroatoms. The molecule has 1 aliphatic rings. The lowest BCUT2D eigenvalue weighted by molar-refractivity contribution is -0.140. The molecule has 0 aromatic heterocycles. The molecular weight excluding hydrogens is 188 g/mol. The van der Waals surface area contributed by atoms with Crippen LogP contribution in [0.2, 0.25) is 0 Å². The highest BCUT2D eigenvalue weighted by Crippen LogP contribution is 2.48. The standard InChI is InChI=1S/C11H12O2.C2H6/c1-8-2-4-9(5-3-8)11(6-7-11)10(12)13;1-2/h2-5H,6-7H2,1H3,(H,12,13);1-2H3. The van der Waals surface area contributed by atoms with E-state index in [0.717, 1.165) is 18.4 Å². The van der Waals surface area contributed by atoms with Crippen LogP contribution in [0.5, 0.6) is 0 Å².